The number of pyridine rings is 1. The average Bonchev–Trinajstić information content (AvgIpc) is 2.83. The van der Waals surface area contributed by atoms with E-state index in [0.29, 0.717) is 0 Å². The van der Waals surface area contributed by atoms with E-state index in [-0.39, 0.29) is 22.9 Å². The Kier molecular flexibility index (Phi) is 3.96. The van der Waals surface area contributed by atoms with Crippen molar-refractivity contribution in [3.05, 3.63) is 22.8 Å². The van der Waals surface area contributed by atoms with E-state index >= 15 is 0 Å². The van der Waals surface area contributed by atoms with E-state index < -0.39 is 30.5 Å². The molecule has 1 aliphatic heterocycles. The number of aromatic nitrogens is 1. The fourth-order valence-electron chi connectivity index (χ4n) is 2.28. The van der Waals surface area contributed by atoms with Crippen LogP contribution in [0, 0.1) is 23.2 Å². The second-order valence-electron chi connectivity index (χ2n) is 4.64. The molecule has 0 spiro atoms. The summed E-state index contributed by atoms with van der Waals surface area (Å²) >= 11 is 5.89. The molecule has 1 N–H and O–H groups in total. The molecule has 2 heterocycles. The summed E-state index contributed by atoms with van der Waals surface area (Å²) in [6, 6.07) is 3.08. The fraction of sp³-hybridized carbons (Fsp3) is 0.417. The summed E-state index contributed by atoms with van der Waals surface area (Å²) in [5.41, 5.74) is 0.171. The lowest BCUT2D eigenvalue weighted by Crippen LogP contribution is -2.33. The number of carbonyl (C=O) groups is 1. The molecule has 1 fully saturated rings. The van der Waals surface area contributed by atoms with Crippen LogP contribution in [-0.4, -0.2) is 35.3 Å². The monoisotopic (exact) mass is 319 g/mol. The normalized spacial score (nSPS) is 22.1. The van der Waals surface area contributed by atoms with Gasteiger partial charge in [0.2, 0.25) is 0 Å². The van der Waals surface area contributed by atoms with Gasteiger partial charge in [0.25, 0.3) is 0 Å². The maximum atomic E-state index is 12.9. The lowest BCUT2D eigenvalue weighted by atomic mass is 9.96. The Balaban J connectivity index is 2.31. The highest BCUT2D eigenvalue weighted by molar-refractivity contribution is 6.33. The molecule has 21 heavy (non-hydrogen) atoms. The van der Waals surface area contributed by atoms with Crippen molar-refractivity contribution in [2.45, 2.75) is 6.18 Å². The maximum Gasteiger partial charge on any atom is 0.394 e. The molecule has 1 aliphatic rings. The minimum absolute atomic E-state index is 0.0148. The molecule has 0 aliphatic carbocycles. The van der Waals surface area contributed by atoms with Gasteiger partial charge in [-0.25, -0.2) is 4.98 Å². The van der Waals surface area contributed by atoms with Crippen molar-refractivity contribution in [1.82, 2.24) is 4.98 Å². The van der Waals surface area contributed by atoms with Crippen molar-refractivity contribution < 1.29 is 23.1 Å². The Hall–Kier alpha value is -2.01. The predicted octanol–water partition coefficient (Wildman–Crippen LogP) is 2.31. The topological polar surface area (TPSA) is 77.2 Å². The van der Waals surface area contributed by atoms with Crippen LogP contribution >= 0.6 is 11.6 Å². The molecule has 5 nitrogen and oxygen atoms in total. The van der Waals surface area contributed by atoms with E-state index in [2.05, 4.69) is 4.98 Å². The summed E-state index contributed by atoms with van der Waals surface area (Å²) in [7, 11) is 0. The number of carboxylic acids is 1. The number of hydrogen-bond acceptors (Lipinski definition) is 4. The van der Waals surface area contributed by atoms with Crippen LogP contribution in [0.25, 0.3) is 0 Å². The zero-order valence-corrected chi connectivity index (χ0v) is 11.2. The number of rotatable bonds is 2. The first-order valence-electron chi connectivity index (χ1n) is 5.84. The summed E-state index contributed by atoms with van der Waals surface area (Å²) in [6.07, 6.45) is -3.44. The van der Waals surface area contributed by atoms with Crippen LogP contribution in [0.1, 0.15) is 5.56 Å². The van der Waals surface area contributed by atoms with Crippen LogP contribution in [0.3, 0.4) is 0 Å². The first-order chi connectivity index (χ1) is 9.74. The molecule has 2 atom stereocenters. The highest BCUT2D eigenvalue weighted by Gasteiger charge is 2.53. The molecule has 112 valence electrons. The molecular formula is C12H9ClF3N3O2. The Morgan fingerprint density at radius 3 is 2.62 bits per heavy atom. The molecule has 0 bridgehead atoms. The smallest absolute Gasteiger partial charge is 0.394 e. The zero-order valence-electron chi connectivity index (χ0n) is 10.4. The Morgan fingerprint density at radius 1 is 1.52 bits per heavy atom. The van der Waals surface area contributed by atoms with Gasteiger partial charge < -0.3 is 10.0 Å². The van der Waals surface area contributed by atoms with Crippen molar-refractivity contribution in [3.63, 3.8) is 0 Å². The lowest BCUT2D eigenvalue weighted by molar-refractivity contribution is -0.187. The van der Waals surface area contributed by atoms with Crippen molar-refractivity contribution in [3.8, 4) is 6.07 Å². The molecule has 2 rings (SSSR count). The third kappa shape index (κ3) is 3.03. The summed E-state index contributed by atoms with van der Waals surface area (Å²) in [6.45, 7) is -0.864. The molecule has 0 amide bonds. The number of carboxylic acid groups (broad SMARTS) is 1. The quantitative estimate of drug-likeness (QED) is 0.905. The third-order valence-corrected chi connectivity index (χ3v) is 3.59. The second-order valence-corrected chi connectivity index (χ2v) is 5.05. The molecule has 1 aromatic rings. The average molecular weight is 320 g/mol. The summed E-state index contributed by atoms with van der Waals surface area (Å²) in [4.78, 5) is 16.0. The van der Waals surface area contributed by atoms with Gasteiger partial charge in [0, 0.05) is 19.3 Å². The van der Waals surface area contributed by atoms with E-state index in [0.717, 1.165) is 0 Å². The van der Waals surface area contributed by atoms with Gasteiger partial charge in [0.05, 0.1) is 22.4 Å². The van der Waals surface area contributed by atoms with Crippen LogP contribution < -0.4 is 4.90 Å². The first-order valence-corrected chi connectivity index (χ1v) is 6.22. The molecule has 1 saturated heterocycles. The number of aliphatic carboxylic acids is 1. The molecule has 0 radical (unpaired) electrons. The molecule has 0 aromatic carbocycles. The summed E-state index contributed by atoms with van der Waals surface area (Å²) < 4.78 is 38.7. The van der Waals surface area contributed by atoms with Crippen LogP contribution in [0.15, 0.2) is 12.3 Å². The lowest BCUT2D eigenvalue weighted by Gasteiger charge is -2.19. The van der Waals surface area contributed by atoms with Gasteiger partial charge in [0.1, 0.15) is 11.9 Å². The van der Waals surface area contributed by atoms with E-state index in [4.69, 9.17) is 22.0 Å². The highest BCUT2D eigenvalue weighted by Crippen LogP contribution is 2.40. The SMILES string of the molecule is N#Cc1cnc(N2C[C@@H](C(F)(F)F)[C@H](C(=O)O)C2)c(Cl)c1. The van der Waals surface area contributed by atoms with Gasteiger partial charge in [0.15, 0.2) is 0 Å². The van der Waals surface area contributed by atoms with E-state index in [1.54, 1.807) is 6.07 Å². The van der Waals surface area contributed by atoms with E-state index in [9.17, 15) is 18.0 Å². The first kappa shape index (κ1) is 15.4. The molecule has 0 unspecified atom stereocenters. The predicted molar refractivity (Wildman–Crippen MR) is 66.8 cm³/mol. The van der Waals surface area contributed by atoms with Crippen LogP contribution in [0.5, 0.6) is 0 Å². The zero-order chi connectivity index (χ0) is 15.8. The fourth-order valence-corrected chi connectivity index (χ4v) is 2.57. The van der Waals surface area contributed by atoms with Gasteiger partial charge >= 0.3 is 12.1 Å². The number of nitrogens with zero attached hydrogens (tertiary/aromatic N) is 3. The van der Waals surface area contributed by atoms with Crippen molar-refractivity contribution in [1.29, 1.82) is 5.26 Å². The minimum atomic E-state index is -4.61. The molecular weight excluding hydrogens is 311 g/mol. The summed E-state index contributed by atoms with van der Waals surface area (Å²) in [5, 5.41) is 17.6. The minimum Gasteiger partial charge on any atom is -0.481 e. The number of nitriles is 1. The van der Waals surface area contributed by atoms with Gasteiger partial charge in [-0.2, -0.15) is 18.4 Å². The highest BCUT2D eigenvalue weighted by atomic mass is 35.5. The number of hydrogen-bond donors (Lipinski definition) is 1. The van der Waals surface area contributed by atoms with Gasteiger partial charge in [-0.3, -0.25) is 4.79 Å². The van der Waals surface area contributed by atoms with Crippen molar-refractivity contribution >= 4 is 23.4 Å². The van der Waals surface area contributed by atoms with Gasteiger partial charge in [-0.1, -0.05) is 11.6 Å². The third-order valence-electron chi connectivity index (χ3n) is 3.31. The number of halogens is 4. The standard InChI is InChI=1S/C12H9ClF3N3O2/c13-9-1-6(2-17)3-18-10(9)19-4-7(11(20)21)8(5-19)12(14,15)16/h1,3,7-8H,4-5H2,(H,20,21)/t7-,8-/m1/s1. The molecule has 9 heteroatoms. The van der Waals surface area contributed by atoms with Crippen LogP contribution in [0.4, 0.5) is 19.0 Å². The second kappa shape index (κ2) is 5.41. The Labute approximate surface area is 122 Å². The Bertz CT molecular complexity index is 615. The van der Waals surface area contributed by atoms with Crippen LogP contribution in [0.2, 0.25) is 5.02 Å². The van der Waals surface area contributed by atoms with E-state index in [1.807, 2.05) is 0 Å². The van der Waals surface area contributed by atoms with E-state index in [1.165, 1.54) is 17.2 Å². The van der Waals surface area contributed by atoms with Crippen molar-refractivity contribution in [2.24, 2.45) is 11.8 Å². The van der Waals surface area contributed by atoms with Gasteiger partial charge in [-0.05, 0) is 6.07 Å². The number of anilines is 1. The van der Waals surface area contributed by atoms with Crippen LogP contribution in [-0.2, 0) is 4.79 Å². The number of alkyl halides is 3. The largest absolute Gasteiger partial charge is 0.481 e. The van der Waals surface area contributed by atoms with Crippen molar-refractivity contribution in [2.75, 3.05) is 18.0 Å². The summed E-state index contributed by atoms with van der Waals surface area (Å²) in [5.74, 6) is -5.01. The maximum absolute atomic E-state index is 12.9. The molecule has 1 aromatic heterocycles. The Morgan fingerprint density at radius 2 is 2.19 bits per heavy atom. The molecule has 0 saturated carbocycles. The van der Waals surface area contributed by atoms with Gasteiger partial charge in [-0.15, -0.1) is 0 Å².